The molecule has 1 aliphatic carbocycles. The summed E-state index contributed by atoms with van der Waals surface area (Å²) in [7, 11) is 0. The summed E-state index contributed by atoms with van der Waals surface area (Å²) in [5.41, 5.74) is 0.571. The van der Waals surface area contributed by atoms with Crippen molar-refractivity contribution in [3.63, 3.8) is 0 Å². The number of amides is 1. The third-order valence-electron chi connectivity index (χ3n) is 5.96. The molecule has 2 aliphatic rings. The summed E-state index contributed by atoms with van der Waals surface area (Å²) >= 11 is 0. The lowest BCUT2D eigenvalue weighted by Crippen LogP contribution is -2.34. The number of fused-ring (bicyclic) bond motifs is 1. The number of benzene rings is 1. The molecule has 2 N–H and O–H groups in total. The van der Waals surface area contributed by atoms with Gasteiger partial charge in [-0.3, -0.25) is 14.4 Å². The summed E-state index contributed by atoms with van der Waals surface area (Å²) in [6.07, 6.45) is 2.81. The zero-order valence-electron chi connectivity index (χ0n) is 16.4. The number of hydrogen-bond acceptors (Lipinski definition) is 5. The van der Waals surface area contributed by atoms with Gasteiger partial charge in [-0.15, -0.1) is 0 Å². The summed E-state index contributed by atoms with van der Waals surface area (Å²) in [4.78, 5) is 36.4. The number of halogens is 1. The number of hydrogen-bond donors (Lipinski definition) is 2. The number of aromatic hydroxyl groups is 1. The highest BCUT2D eigenvalue weighted by Crippen LogP contribution is 2.35. The van der Waals surface area contributed by atoms with Gasteiger partial charge in [0.2, 0.25) is 0 Å². The lowest BCUT2D eigenvalue weighted by molar-refractivity contribution is -0.154. The lowest BCUT2D eigenvalue weighted by Gasteiger charge is -2.33. The molecule has 7 nitrogen and oxygen atoms in total. The predicted molar refractivity (Wildman–Crippen MR) is 101 cm³/mol. The van der Waals surface area contributed by atoms with Crippen molar-refractivity contribution >= 4 is 17.8 Å². The molecule has 8 heteroatoms. The molecule has 0 saturated heterocycles. The van der Waals surface area contributed by atoms with Crippen LogP contribution in [0.3, 0.4) is 0 Å². The van der Waals surface area contributed by atoms with E-state index in [1.165, 1.54) is 6.07 Å². The van der Waals surface area contributed by atoms with Crippen LogP contribution in [0.5, 0.6) is 5.75 Å². The van der Waals surface area contributed by atoms with E-state index < -0.39 is 23.5 Å². The van der Waals surface area contributed by atoms with E-state index in [0.29, 0.717) is 18.7 Å². The monoisotopic (exact) mass is 407 g/mol. The zero-order valence-corrected chi connectivity index (χ0v) is 16.4. The van der Waals surface area contributed by atoms with Gasteiger partial charge >= 0.3 is 11.9 Å². The summed E-state index contributed by atoms with van der Waals surface area (Å²) in [6.45, 7) is 2.72. The van der Waals surface area contributed by atoms with Crippen LogP contribution in [0, 0.1) is 17.7 Å². The molecule has 1 aromatic rings. The molecule has 0 aromatic heterocycles. The van der Waals surface area contributed by atoms with Crippen LogP contribution in [-0.2, 0) is 20.9 Å². The van der Waals surface area contributed by atoms with Crippen molar-refractivity contribution in [3.05, 3.63) is 29.1 Å². The summed E-state index contributed by atoms with van der Waals surface area (Å²) in [6, 6.07) is 2.86. The van der Waals surface area contributed by atoms with Gasteiger partial charge in [-0.1, -0.05) is 6.07 Å². The van der Waals surface area contributed by atoms with E-state index in [2.05, 4.69) is 0 Å². The number of carbonyl (C=O) groups is 3. The first-order valence-electron chi connectivity index (χ1n) is 9.97. The number of carboxylic acids is 1. The predicted octanol–water partition coefficient (Wildman–Crippen LogP) is 3.09. The number of rotatable bonds is 7. The Labute approximate surface area is 168 Å². The van der Waals surface area contributed by atoms with Crippen LogP contribution in [-0.4, -0.2) is 45.6 Å². The van der Waals surface area contributed by atoms with Crippen molar-refractivity contribution in [2.24, 2.45) is 11.8 Å². The standard InChI is InChI=1S/C21H26FNO6/c1-12(29-18(27)9-8-17(25)26)14-4-2-13(3-5-14)10-23-11-15-6-7-16(24)20(22)19(15)21(23)28/h6-7,12-14,24H,2-5,8-11H2,1H3,(H,25,26)/t12-,13-,14-/m1/s1. The molecule has 1 atom stereocenters. The van der Waals surface area contributed by atoms with Crippen LogP contribution < -0.4 is 0 Å². The van der Waals surface area contributed by atoms with Gasteiger partial charge in [0.1, 0.15) is 6.10 Å². The first-order chi connectivity index (χ1) is 13.8. The minimum Gasteiger partial charge on any atom is -0.505 e. The van der Waals surface area contributed by atoms with Gasteiger partial charge in [0.25, 0.3) is 5.91 Å². The van der Waals surface area contributed by atoms with Gasteiger partial charge in [0.05, 0.1) is 18.4 Å². The van der Waals surface area contributed by atoms with Crippen molar-refractivity contribution in [3.8, 4) is 5.75 Å². The van der Waals surface area contributed by atoms with E-state index >= 15 is 0 Å². The zero-order chi connectivity index (χ0) is 21.1. The first-order valence-corrected chi connectivity index (χ1v) is 9.97. The molecule has 1 amide bonds. The SMILES string of the molecule is C[C@@H](OC(=O)CCC(=O)O)[C@H]1CC[C@H](CN2Cc3ccc(O)c(F)c3C2=O)CC1. The normalized spacial score (nSPS) is 22.3. The number of nitrogens with zero attached hydrogens (tertiary/aromatic N) is 1. The second-order valence-corrected chi connectivity index (χ2v) is 7.99. The van der Waals surface area contributed by atoms with E-state index in [9.17, 15) is 23.9 Å². The number of carboxylic acid groups (broad SMARTS) is 1. The summed E-state index contributed by atoms with van der Waals surface area (Å²) in [5.74, 6) is -2.76. The molecule has 0 bridgehead atoms. The van der Waals surface area contributed by atoms with E-state index in [1.54, 1.807) is 11.0 Å². The maximum atomic E-state index is 14.1. The fourth-order valence-electron chi connectivity index (χ4n) is 4.27. The molecule has 1 heterocycles. The molecule has 0 unspecified atom stereocenters. The van der Waals surface area contributed by atoms with E-state index in [4.69, 9.17) is 9.84 Å². The Bertz CT molecular complexity index is 803. The van der Waals surface area contributed by atoms with Crippen molar-refractivity contribution in [1.82, 2.24) is 4.90 Å². The minimum absolute atomic E-state index is 0.0272. The Morgan fingerprint density at radius 1 is 1.24 bits per heavy atom. The topological polar surface area (TPSA) is 104 Å². The first kappa shape index (κ1) is 21.1. The molecule has 1 aromatic carbocycles. The second kappa shape index (κ2) is 8.80. The highest BCUT2D eigenvalue weighted by atomic mass is 19.1. The summed E-state index contributed by atoms with van der Waals surface area (Å²) in [5, 5.41) is 18.1. The molecule has 1 saturated carbocycles. The fraction of sp³-hybridized carbons (Fsp3) is 0.571. The van der Waals surface area contributed by atoms with Gasteiger partial charge in [0.15, 0.2) is 11.6 Å². The number of ether oxygens (including phenoxy) is 1. The number of aliphatic carboxylic acids is 1. The van der Waals surface area contributed by atoms with E-state index in [1.807, 2.05) is 6.92 Å². The maximum Gasteiger partial charge on any atom is 0.306 e. The van der Waals surface area contributed by atoms with Gasteiger partial charge in [0, 0.05) is 13.1 Å². The Kier molecular flexibility index (Phi) is 6.39. The fourth-order valence-corrected chi connectivity index (χ4v) is 4.27. The molecule has 158 valence electrons. The van der Waals surface area contributed by atoms with Crippen LogP contribution in [0.4, 0.5) is 4.39 Å². The third-order valence-corrected chi connectivity index (χ3v) is 5.96. The molecule has 1 fully saturated rings. The highest BCUT2D eigenvalue weighted by molar-refractivity contribution is 5.99. The van der Waals surface area contributed by atoms with Gasteiger partial charge in [-0.05, 0) is 56.1 Å². The van der Waals surface area contributed by atoms with E-state index in [0.717, 1.165) is 25.7 Å². The Hall–Kier alpha value is -2.64. The number of phenolic OH excluding ortho intramolecular Hbond substituents is 1. The lowest BCUT2D eigenvalue weighted by atomic mass is 9.79. The van der Waals surface area contributed by atoms with Crippen LogP contribution >= 0.6 is 0 Å². The smallest absolute Gasteiger partial charge is 0.306 e. The van der Waals surface area contributed by atoms with Crippen LogP contribution in [0.1, 0.15) is 61.4 Å². The minimum atomic E-state index is -1.02. The van der Waals surface area contributed by atoms with Crippen molar-refractivity contribution in [2.45, 2.75) is 58.1 Å². The molecule has 1 aliphatic heterocycles. The van der Waals surface area contributed by atoms with Crippen LogP contribution in [0.2, 0.25) is 0 Å². The molecule has 0 radical (unpaired) electrons. The Morgan fingerprint density at radius 3 is 2.59 bits per heavy atom. The van der Waals surface area contributed by atoms with Crippen molar-refractivity contribution < 1.29 is 33.7 Å². The van der Waals surface area contributed by atoms with Crippen molar-refractivity contribution in [1.29, 1.82) is 0 Å². The number of phenols is 1. The van der Waals surface area contributed by atoms with Gasteiger partial charge in [-0.2, -0.15) is 0 Å². The number of carbonyl (C=O) groups excluding carboxylic acids is 2. The Balaban J connectivity index is 1.47. The quantitative estimate of drug-likeness (QED) is 0.673. The number of esters is 1. The third kappa shape index (κ3) is 4.86. The van der Waals surface area contributed by atoms with E-state index in [-0.39, 0.29) is 42.3 Å². The van der Waals surface area contributed by atoms with Crippen LogP contribution in [0.25, 0.3) is 0 Å². The average molecular weight is 407 g/mol. The summed E-state index contributed by atoms with van der Waals surface area (Å²) < 4.78 is 19.4. The van der Waals surface area contributed by atoms with Gasteiger partial charge in [-0.25, -0.2) is 4.39 Å². The maximum absolute atomic E-state index is 14.1. The van der Waals surface area contributed by atoms with Crippen molar-refractivity contribution in [2.75, 3.05) is 6.54 Å². The van der Waals surface area contributed by atoms with Crippen LogP contribution in [0.15, 0.2) is 12.1 Å². The van der Waals surface area contributed by atoms with Gasteiger partial charge < -0.3 is 19.8 Å². The average Bonchev–Trinajstić information content (AvgIpc) is 3.00. The molecule has 29 heavy (non-hydrogen) atoms. The molecular weight excluding hydrogens is 381 g/mol. The molecular formula is C21H26FNO6. The molecule has 3 rings (SSSR count). The second-order valence-electron chi connectivity index (χ2n) is 7.99. The molecule has 0 spiro atoms. The Morgan fingerprint density at radius 2 is 1.93 bits per heavy atom. The largest absolute Gasteiger partial charge is 0.505 e. The highest BCUT2D eigenvalue weighted by Gasteiger charge is 2.35.